The van der Waals surface area contributed by atoms with Crippen LogP contribution in [0, 0.1) is 18.3 Å². The summed E-state index contributed by atoms with van der Waals surface area (Å²) < 4.78 is 36.8. The number of hydrogen-bond donors (Lipinski definition) is 2. The normalized spacial score (nSPS) is 37.5. The number of ketones is 1. The molecule has 9 nitrogen and oxygen atoms in total. The van der Waals surface area contributed by atoms with Crippen LogP contribution in [-0.4, -0.2) is 69.1 Å². The molecule has 0 aliphatic carbocycles. The number of nitrogens with zero attached hydrogens (tertiary/aromatic N) is 1. The lowest BCUT2D eigenvalue weighted by molar-refractivity contribution is -0.155. The first-order valence-corrected chi connectivity index (χ1v) is 12.0. The highest BCUT2D eigenvalue weighted by molar-refractivity contribution is 6.25. The van der Waals surface area contributed by atoms with E-state index in [0.717, 1.165) is 6.08 Å². The molecular weight excluding hydrogens is 485 g/mol. The summed E-state index contributed by atoms with van der Waals surface area (Å²) in [5.41, 5.74) is -1.18. The second-order valence-electron chi connectivity index (χ2n) is 9.84. The van der Waals surface area contributed by atoms with E-state index in [1.807, 2.05) is 0 Å². The Hall–Kier alpha value is -1.85. The third-order valence-corrected chi connectivity index (χ3v) is 7.27. The monoisotopic (exact) mass is 517 g/mol. The number of Topliss-reactive ketones (excluding diaryl/α,β-unsaturated/α-hetero) is 1. The van der Waals surface area contributed by atoms with E-state index < -0.39 is 70.9 Å². The first-order valence-electron chi connectivity index (χ1n) is 11.6. The fourth-order valence-corrected chi connectivity index (χ4v) is 4.43. The summed E-state index contributed by atoms with van der Waals surface area (Å²) >= 11 is 6.47. The molecule has 2 saturated heterocycles. The molecule has 7 atom stereocenters. The molecule has 0 spiro atoms. The van der Waals surface area contributed by atoms with Gasteiger partial charge in [-0.25, -0.2) is 9.37 Å². The third kappa shape index (κ3) is 6.48. The minimum Gasteiger partial charge on any atom is -0.455 e. The fourth-order valence-electron chi connectivity index (χ4n) is 4.15. The average molecular weight is 518 g/mol. The van der Waals surface area contributed by atoms with Crippen molar-refractivity contribution in [1.29, 1.82) is 0 Å². The summed E-state index contributed by atoms with van der Waals surface area (Å²) in [6.45, 7) is 7.85. The lowest BCUT2D eigenvalue weighted by atomic mass is 9.74. The highest BCUT2D eigenvalue weighted by Crippen LogP contribution is 2.47. The average Bonchev–Trinajstić information content (AvgIpc) is 3.22. The summed E-state index contributed by atoms with van der Waals surface area (Å²) in [7, 11) is 0. The molecule has 0 bridgehead atoms. The van der Waals surface area contributed by atoms with Crippen LogP contribution in [0.1, 0.15) is 58.5 Å². The molecule has 196 valence electrons. The van der Waals surface area contributed by atoms with E-state index >= 15 is 4.39 Å². The van der Waals surface area contributed by atoms with Crippen LogP contribution in [0.2, 0.25) is 0 Å². The molecule has 2 aliphatic heterocycles. The van der Waals surface area contributed by atoms with Gasteiger partial charge in [-0.1, -0.05) is 32.4 Å². The molecule has 1 aromatic heterocycles. The van der Waals surface area contributed by atoms with Crippen LogP contribution in [0.25, 0.3) is 6.08 Å². The minimum atomic E-state index is -1.43. The van der Waals surface area contributed by atoms with Gasteiger partial charge in [0.15, 0.2) is 17.1 Å². The van der Waals surface area contributed by atoms with Crippen LogP contribution in [0.15, 0.2) is 16.5 Å². The van der Waals surface area contributed by atoms with Crippen LogP contribution in [-0.2, 0) is 23.8 Å². The van der Waals surface area contributed by atoms with Crippen molar-refractivity contribution >= 4 is 29.4 Å². The number of aromatic nitrogens is 1. The van der Waals surface area contributed by atoms with Crippen molar-refractivity contribution in [2.45, 2.75) is 89.5 Å². The smallest absolute Gasteiger partial charge is 0.309 e. The number of rotatable bonds is 2. The van der Waals surface area contributed by atoms with Gasteiger partial charge in [-0.15, -0.1) is 0 Å². The molecule has 2 fully saturated rings. The summed E-state index contributed by atoms with van der Waals surface area (Å²) in [6.07, 6.45) is -3.31. The van der Waals surface area contributed by atoms with Crippen molar-refractivity contribution < 1.29 is 42.8 Å². The lowest BCUT2D eigenvalue weighted by Gasteiger charge is -2.34. The van der Waals surface area contributed by atoms with Gasteiger partial charge in [0, 0.05) is 31.8 Å². The van der Waals surface area contributed by atoms with Gasteiger partial charge in [-0.05, 0) is 6.92 Å². The number of fused-ring (bicyclic) bond motifs is 1. The highest BCUT2D eigenvalue weighted by Gasteiger charge is 2.56. The quantitative estimate of drug-likeness (QED) is 0.345. The number of hydrogen-bond acceptors (Lipinski definition) is 9. The Morgan fingerprint density at radius 1 is 1.29 bits per heavy atom. The summed E-state index contributed by atoms with van der Waals surface area (Å²) in [5.74, 6) is -2.69. The number of halogens is 2. The molecule has 0 amide bonds. The summed E-state index contributed by atoms with van der Waals surface area (Å²) in [4.78, 5) is 29.8. The first-order chi connectivity index (χ1) is 16.2. The largest absolute Gasteiger partial charge is 0.455 e. The van der Waals surface area contributed by atoms with E-state index in [1.54, 1.807) is 13.8 Å². The van der Waals surface area contributed by atoms with E-state index in [0.29, 0.717) is 5.89 Å². The minimum absolute atomic E-state index is 0.0813. The first kappa shape index (κ1) is 27.7. The summed E-state index contributed by atoms with van der Waals surface area (Å²) in [5, 5.41) is 20.2. The number of epoxide rings is 1. The molecule has 1 aromatic rings. The number of oxazole rings is 1. The Kier molecular flexibility index (Phi) is 8.43. The molecular formula is C24H33ClFNO8. The number of cyclic esters (lactones) is 1. The van der Waals surface area contributed by atoms with Crippen molar-refractivity contribution in [2.75, 3.05) is 6.61 Å². The maximum Gasteiger partial charge on any atom is 0.309 e. The zero-order valence-electron chi connectivity index (χ0n) is 20.5. The van der Waals surface area contributed by atoms with E-state index in [1.165, 1.54) is 27.0 Å². The second-order valence-corrected chi connectivity index (χ2v) is 10.5. The summed E-state index contributed by atoms with van der Waals surface area (Å²) in [6, 6.07) is 0. The number of alkyl halides is 1. The van der Waals surface area contributed by atoms with E-state index in [-0.39, 0.29) is 25.1 Å². The number of aliphatic hydroxyl groups excluding tert-OH is 2. The van der Waals surface area contributed by atoms with Gasteiger partial charge < -0.3 is 28.8 Å². The number of carbonyl (C=O) groups excluding carboxylic acids is 2. The van der Waals surface area contributed by atoms with E-state index in [9.17, 15) is 19.8 Å². The molecule has 0 unspecified atom stereocenters. The van der Waals surface area contributed by atoms with Crippen LogP contribution in [0.5, 0.6) is 0 Å². The molecule has 0 aromatic carbocycles. The van der Waals surface area contributed by atoms with Gasteiger partial charge in [-0.2, -0.15) is 0 Å². The molecule has 2 aliphatic rings. The number of ether oxygens (including phenoxy) is 3. The van der Waals surface area contributed by atoms with E-state index in [2.05, 4.69) is 4.98 Å². The molecule has 2 N–H and O–H groups in total. The number of aryl methyl sites for hydroxylation is 1. The van der Waals surface area contributed by atoms with Crippen molar-refractivity contribution in [3.63, 3.8) is 0 Å². The molecule has 0 radical (unpaired) electrons. The predicted octanol–water partition coefficient (Wildman–Crippen LogP) is 3.08. The van der Waals surface area contributed by atoms with Gasteiger partial charge in [0.1, 0.15) is 29.7 Å². The molecule has 11 heteroatoms. The Bertz CT molecular complexity index is 965. The third-order valence-electron chi connectivity index (χ3n) is 6.75. The number of esters is 1. The van der Waals surface area contributed by atoms with Crippen LogP contribution in [0.4, 0.5) is 4.39 Å². The van der Waals surface area contributed by atoms with Crippen LogP contribution < -0.4 is 0 Å². The predicted molar refractivity (Wildman–Crippen MR) is 123 cm³/mol. The lowest BCUT2D eigenvalue weighted by Crippen LogP contribution is -2.47. The zero-order chi connectivity index (χ0) is 26.1. The zero-order valence-corrected chi connectivity index (χ0v) is 21.3. The Morgan fingerprint density at radius 2 is 1.97 bits per heavy atom. The SMILES string of the molecule is Cc1nc(C=C(F)[C@@H]2C[C@H]3O[C@@]3(Cl)CCO[C@@H](C)[C@@H](O)[C@@H](C)C(=O)C(C)(C)[C@@H](O)CC(=O)O2)co1. The molecule has 3 rings (SSSR count). The second kappa shape index (κ2) is 10.6. The number of aliphatic hydroxyl groups is 2. The van der Waals surface area contributed by atoms with Crippen molar-refractivity contribution in [3.8, 4) is 0 Å². The van der Waals surface area contributed by atoms with Gasteiger partial charge in [0.25, 0.3) is 0 Å². The van der Waals surface area contributed by atoms with Crippen molar-refractivity contribution in [2.24, 2.45) is 11.3 Å². The molecule has 3 heterocycles. The fraction of sp³-hybridized carbons (Fsp3) is 0.708. The molecule has 35 heavy (non-hydrogen) atoms. The number of carbonyl (C=O) groups is 2. The topological polar surface area (TPSA) is 132 Å². The van der Waals surface area contributed by atoms with Crippen LogP contribution in [0.3, 0.4) is 0 Å². The van der Waals surface area contributed by atoms with Gasteiger partial charge in [0.05, 0.1) is 36.8 Å². The van der Waals surface area contributed by atoms with Crippen molar-refractivity contribution in [1.82, 2.24) is 4.98 Å². The van der Waals surface area contributed by atoms with E-state index in [4.69, 9.17) is 30.2 Å². The highest BCUT2D eigenvalue weighted by atomic mass is 35.5. The Morgan fingerprint density at radius 3 is 2.60 bits per heavy atom. The maximum atomic E-state index is 15.2. The van der Waals surface area contributed by atoms with Crippen LogP contribution >= 0.6 is 11.6 Å². The van der Waals surface area contributed by atoms with Crippen molar-refractivity contribution in [3.05, 3.63) is 23.7 Å². The Labute approximate surface area is 208 Å². The van der Waals surface area contributed by atoms with Gasteiger partial charge in [0.2, 0.25) is 0 Å². The van der Waals surface area contributed by atoms with Gasteiger partial charge >= 0.3 is 5.97 Å². The maximum absolute atomic E-state index is 15.2. The standard InChI is InChI=1S/C24H33ClFNO8/c1-12-21(30)13(2)32-7-6-24(25)19(35-24)9-17(16(26)8-15-11-33-14(3)27-15)34-20(29)10-18(28)23(4,5)22(12)31/h8,11-13,17-19,21,28,30H,6-7,9-10H2,1-5H3/t12-,13+,17+,18+,19-,21+,24+/m1/s1. The van der Waals surface area contributed by atoms with Gasteiger partial charge in [-0.3, -0.25) is 9.59 Å². The molecule has 0 saturated carbocycles. The Balaban J connectivity index is 1.85.